The van der Waals surface area contributed by atoms with Gasteiger partial charge in [0, 0.05) is 43.0 Å². The number of amides is 2. The van der Waals surface area contributed by atoms with Crippen molar-refractivity contribution in [3.05, 3.63) is 47.3 Å². The molecule has 1 fully saturated rings. The molecule has 1 aromatic carbocycles. The molecule has 1 saturated heterocycles. The molecule has 0 radical (unpaired) electrons. The number of hydrogen-bond donors (Lipinski definition) is 1. The molecular formula is C16H17ClN4O3. The van der Waals surface area contributed by atoms with Gasteiger partial charge in [-0.05, 0) is 24.3 Å². The number of hydrogen-bond acceptors (Lipinski definition) is 5. The molecule has 3 rings (SSSR count). The number of nitrogens with one attached hydrogen (secondary N) is 1. The Kier molecular flexibility index (Phi) is 5.12. The number of rotatable bonds is 4. The number of nitrogens with zero attached hydrogens (tertiary/aromatic N) is 3. The zero-order valence-corrected chi connectivity index (χ0v) is 13.7. The highest BCUT2D eigenvalue weighted by Crippen LogP contribution is 2.13. The molecule has 0 spiro atoms. The van der Waals surface area contributed by atoms with Gasteiger partial charge in [-0.2, -0.15) is 0 Å². The van der Waals surface area contributed by atoms with E-state index in [9.17, 15) is 9.59 Å². The van der Waals surface area contributed by atoms with Gasteiger partial charge in [0.1, 0.15) is 6.26 Å². The summed E-state index contributed by atoms with van der Waals surface area (Å²) in [7, 11) is 0. The van der Waals surface area contributed by atoms with E-state index in [1.807, 2.05) is 4.90 Å². The average Bonchev–Trinajstić information content (AvgIpc) is 3.11. The molecule has 1 aliphatic heterocycles. The molecule has 1 N–H and O–H groups in total. The minimum atomic E-state index is -0.144. The van der Waals surface area contributed by atoms with Crippen LogP contribution in [0.15, 0.2) is 41.1 Å². The van der Waals surface area contributed by atoms with E-state index in [-0.39, 0.29) is 18.4 Å². The van der Waals surface area contributed by atoms with Gasteiger partial charge in [0.2, 0.25) is 5.91 Å². The summed E-state index contributed by atoms with van der Waals surface area (Å²) in [6, 6.07) is 8.52. The maximum absolute atomic E-state index is 12.2. The first kappa shape index (κ1) is 16.5. The van der Waals surface area contributed by atoms with Crippen molar-refractivity contribution in [2.75, 3.05) is 38.0 Å². The highest BCUT2D eigenvalue weighted by molar-refractivity contribution is 6.30. The van der Waals surface area contributed by atoms with E-state index in [1.165, 1.54) is 6.26 Å². The van der Waals surface area contributed by atoms with Crippen LogP contribution in [0.1, 0.15) is 10.5 Å². The summed E-state index contributed by atoms with van der Waals surface area (Å²) >= 11 is 5.82. The fraction of sp³-hybridized carbons (Fsp3) is 0.312. The number of carbonyl (C=O) groups excluding carboxylic acids is 2. The normalized spacial score (nSPS) is 15.3. The van der Waals surface area contributed by atoms with Crippen LogP contribution in [0.25, 0.3) is 0 Å². The van der Waals surface area contributed by atoms with E-state index < -0.39 is 0 Å². The van der Waals surface area contributed by atoms with Gasteiger partial charge in [0.05, 0.1) is 6.54 Å². The van der Waals surface area contributed by atoms with Crippen molar-refractivity contribution in [2.24, 2.45) is 0 Å². The molecule has 0 atom stereocenters. The monoisotopic (exact) mass is 348 g/mol. The van der Waals surface area contributed by atoms with Gasteiger partial charge in [-0.25, -0.2) is 0 Å². The average molecular weight is 349 g/mol. The summed E-state index contributed by atoms with van der Waals surface area (Å²) in [6.45, 7) is 2.67. The molecule has 2 heterocycles. The Morgan fingerprint density at radius 2 is 1.83 bits per heavy atom. The predicted molar refractivity (Wildman–Crippen MR) is 88.9 cm³/mol. The lowest BCUT2D eigenvalue weighted by atomic mass is 10.2. The Labute approximate surface area is 144 Å². The SMILES string of the molecule is O=C(CN1CCN(C(=O)c2ccon2)CC1)Nc1ccc(Cl)cc1. The standard InChI is InChI=1S/C16H17ClN4O3/c17-12-1-3-13(4-2-12)18-15(22)11-20-6-8-21(9-7-20)16(23)14-5-10-24-19-14/h1-5,10H,6-9,11H2,(H,18,22). The van der Waals surface area contributed by atoms with Gasteiger partial charge >= 0.3 is 0 Å². The molecule has 8 heteroatoms. The van der Waals surface area contributed by atoms with Crippen molar-refractivity contribution >= 4 is 29.1 Å². The smallest absolute Gasteiger partial charge is 0.276 e. The molecule has 2 amide bonds. The second-order valence-electron chi connectivity index (χ2n) is 5.51. The second-order valence-corrected chi connectivity index (χ2v) is 5.94. The third-order valence-electron chi connectivity index (χ3n) is 3.81. The summed E-state index contributed by atoms with van der Waals surface area (Å²) < 4.78 is 4.70. The molecule has 0 aliphatic carbocycles. The van der Waals surface area contributed by atoms with Crippen LogP contribution in [0, 0.1) is 0 Å². The lowest BCUT2D eigenvalue weighted by molar-refractivity contribution is -0.117. The zero-order valence-electron chi connectivity index (χ0n) is 12.9. The molecule has 2 aromatic rings. The molecule has 0 bridgehead atoms. The molecule has 7 nitrogen and oxygen atoms in total. The van der Waals surface area contributed by atoms with Crippen molar-refractivity contribution < 1.29 is 14.1 Å². The highest BCUT2D eigenvalue weighted by atomic mass is 35.5. The minimum Gasteiger partial charge on any atom is -0.364 e. The van der Waals surface area contributed by atoms with Crippen molar-refractivity contribution in [3.63, 3.8) is 0 Å². The van der Waals surface area contributed by atoms with E-state index >= 15 is 0 Å². The fourth-order valence-electron chi connectivity index (χ4n) is 2.53. The van der Waals surface area contributed by atoms with Gasteiger partial charge < -0.3 is 14.7 Å². The summed E-state index contributed by atoms with van der Waals surface area (Å²) in [6.07, 6.45) is 1.38. The summed E-state index contributed by atoms with van der Waals surface area (Å²) in [5.74, 6) is -0.234. The summed E-state index contributed by atoms with van der Waals surface area (Å²) in [5, 5.41) is 7.11. The largest absolute Gasteiger partial charge is 0.364 e. The Morgan fingerprint density at radius 1 is 1.12 bits per heavy atom. The Bertz CT molecular complexity index is 695. The van der Waals surface area contributed by atoms with Gasteiger partial charge in [-0.1, -0.05) is 16.8 Å². The molecule has 126 valence electrons. The first-order valence-electron chi connectivity index (χ1n) is 7.59. The van der Waals surface area contributed by atoms with Gasteiger partial charge in [-0.3, -0.25) is 14.5 Å². The topological polar surface area (TPSA) is 78.7 Å². The van der Waals surface area contributed by atoms with E-state index in [2.05, 4.69) is 10.5 Å². The zero-order chi connectivity index (χ0) is 16.9. The van der Waals surface area contributed by atoms with Crippen molar-refractivity contribution in [1.29, 1.82) is 0 Å². The Morgan fingerprint density at radius 3 is 2.46 bits per heavy atom. The van der Waals surface area contributed by atoms with E-state index in [4.69, 9.17) is 16.1 Å². The van der Waals surface area contributed by atoms with Crippen molar-refractivity contribution in [3.8, 4) is 0 Å². The first-order chi connectivity index (χ1) is 11.6. The van der Waals surface area contributed by atoms with Crippen LogP contribution in [-0.2, 0) is 4.79 Å². The second kappa shape index (κ2) is 7.46. The number of anilines is 1. The third kappa shape index (κ3) is 4.12. The van der Waals surface area contributed by atoms with E-state index in [1.54, 1.807) is 35.2 Å². The molecule has 1 aliphatic rings. The molecule has 0 unspecified atom stereocenters. The van der Waals surface area contributed by atoms with Crippen molar-refractivity contribution in [2.45, 2.75) is 0 Å². The number of benzene rings is 1. The number of aromatic nitrogens is 1. The quantitative estimate of drug-likeness (QED) is 0.910. The molecular weight excluding hydrogens is 332 g/mol. The van der Waals surface area contributed by atoms with E-state index in [0.29, 0.717) is 42.6 Å². The molecule has 1 aromatic heterocycles. The minimum absolute atomic E-state index is 0.0893. The summed E-state index contributed by atoms with van der Waals surface area (Å²) in [4.78, 5) is 28.0. The lowest BCUT2D eigenvalue weighted by Gasteiger charge is -2.33. The highest BCUT2D eigenvalue weighted by Gasteiger charge is 2.24. The Hall–Kier alpha value is -2.38. The van der Waals surface area contributed by atoms with Crippen LogP contribution >= 0.6 is 11.6 Å². The number of halogens is 1. The van der Waals surface area contributed by atoms with Crippen LogP contribution in [0.3, 0.4) is 0 Å². The maximum Gasteiger partial charge on any atom is 0.276 e. The molecule has 0 saturated carbocycles. The van der Waals surface area contributed by atoms with Crippen LogP contribution in [0.4, 0.5) is 5.69 Å². The molecule has 24 heavy (non-hydrogen) atoms. The van der Waals surface area contributed by atoms with Gasteiger partial charge in [-0.15, -0.1) is 0 Å². The number of piperazine rings is 1. The predicted octanol–water partition coefficient (Wildman–Crippen LogP) is 1.72. The maximum atomic E-state index is 12.2. The lowest BCUT2D eigenvalue weighted by Crippen LogP contribution is -2.50. The van der Waals surface area contributed by atoms with Crippen LogP contribution in [0.5, 0.6) is 0 Å². The fourth-order valence-corrected chi connectivity index (χ4v) is 2.66. The first-order valence-corrected chi connectivity index (χ1v) is 7.97. The van der Waals surface area contributed by atoms with Gasteiger partial charge in [0.25, 0.3) is 5.91 Å². The van der Waals surface area contributed by atoms with Crippen LogP contribution in [0.2, 0.25) is 5.02 Å². The van der Waals surface area contributed by atoms with E-state index in [0.717, 1.165) is 0 Å². The van der Waals surface area contributed by atoms with Crippen LogP contribution in [-0.4, -0.2) is 59.5 Å². The summed E-state index contributed by atoms with van der Waals surface area (Å²) in [5.41, 5.74) is 1.02. The Balaban J connectivity index is 1.46. The van der Waals surface area contributed by atoms with Crippen molar-refractivity contribution in [1.82, 2.24) is 15.0 Å². The van der Waals surface area contributed by atoms with Gasteiger partial charge in [0.15, 0.2) is 5.69 Å². The third-order valence-corrected chi connectivity index (χ3v) is 4.06. The number of carbonyl (C=O) groups is 2. The van der Waals surface area contributed by atoms with Crippen LogP contribution < -0.4 is 5.32 Å².